The summed E-state index contributed by atoms with van der Waals surface area (Å²) in [5, 5.41) is 13.3. The molecule has 0 bridgehead atoms. The van der Waals surface area contributed by atoms with E-state index in [1.807, 2.05) is 18.2 Å². The number of ether oxygens (including phenoxy) is 1. The maximum Gasteiger partial charge on any atom is 0.142 e. The highest BCUT2D eigenvalue weighted by Crippen LogP contribution is 2.38. The number of rotatable bonds is 2. The SMILES string of the molecule is COc1cccc2c1NC[C@@H](CN)[C@@H]2O. The zero-order valence-corrected chi connectivity index (χ0v) is 8.73. The molecule has 0 saturated heterocycles. The van der Waals surface area contributed by atoms with E-state index in [2.05, 4.69) is 5.32 Å². The second kappa shape index (κ2) is 4.08. The van der Waals surface area contributed by atoms with E-state index in [4.69, 9.17) is 10.5 Å². The molecule has 0 amide bonds. The molecule has 2 rings (SSSR count). The van der Waals surface area contributed by atoms with E-state index in [0.29, 0.717) is 13.1 Å². The van der Waals surface area contributed by atoms with E-state index in [1.54, 1.807) is 7.11 Å². The van der Waals surface area contributed by atoms with E-state index in [9.17, 15) is 5.11 Å². The molecular weight excluding hydrogens is 192 g/mol. The van der Waals surface area contributed by atoms with E-state index in [-0.39, 0.29) is 5.92 Å². The largest absolute Gasteiger partial charge is 0.495 e. The van der Waals surface area contributed by atoms with Gasteiger partial charge in [-0.05, 0) is 12.6 Å². The van der Waals surface area contributed by atoms with Gasteiger partial charge in [-0.1, -0.05) is 12.1 Å². The summed E-state index contributed by atoms with van der Waals surface area (Å²) in [5.41, 5.74) is 7.35. The summed E-state index contributed by atoms with van der Waals surface area (Å²) < 4.78 is 5.22. The van der Waals surface area contributed by atoms with Crippen molar-refractivity contribution in [3.8, 4) is 5.75 Å². The summed E-state index contributed by atoms with van der Waals surface area (Å²) >= 11 is 0. The van der Waals surface area contributed by atoms with Crippen LogP contribution in [0.5, 0.6) is 5.75 Å². The number of aliphatic hydroxyl groups excluding tert-OH is 1. The van der Waals surface area contributed by atoms with Gasteiger partial charge in [0.2, 0.25) is 0 Å². The van der Waals surface area contributed by atoms with Crippen LogP contribution in [0.25, 0.3) is 0 Å². The van der Waals surface area contributed by atoms with E-state index < -0.39 is 6.10 Å². The number of para-hydroxylation sites is 1. The monoisotopic (exact) mass is 208 g/mol. The van der Waals surface area contributed by atoms with Crippen LogP contribution in [0.15, 0.2) is 18.2 Å². The van der Waals surface area contributed by atoms with Gasteiger partial charge in [-0.15, -0.1) is 0 Å². The lowest BCUT2D eigenvalue weighted by Gasteiger charge is -2.31. The molecule has 2 atom stereocenters. The highest BCUT2D eigenvalue weighted by molar-refractivity contribution is 5.64. The lowest BCUT2D eigenvalue weighted by atomic mass is 9.90. The average Bonchev–Trinajstić information content (AvgIpc) is 2.29. The first-order valence-corrected chi connectivity index (χ1v) is 5.06. The summed E-state index contributed by atoms with van der Waals surface area (Å²) in [7, 11) is 1.62. The van der Waals surface area contributed by atoms with Crippen LogP contribution >= 0.6 is 0 Å². The van der Waals surface area contributed by atoms with Crippen LogP contribution in [0, 0.1) is 5.92 Å². The molecule has 4 N–H and O–H groups in total. The van der Waals surface area contributed by atoms with Gasteiger partial charge in [0.15, 0.2) is 0 Å². The van der Waals surface area contributed by atoms with Crippen LogP contribution in [0.3, 0.4) is 0 Å². The summed E-state index contributed by atoms with van der Waals surface area (Å²) in [4.78, 5) is 0. The Balaban J connectivity index is 2.40. The maximum absolute atomic E-state index is 10.1. The summed E-state index contributed by atoms with van der Waals surface area (Å²) in [6.45, 7) is 1.16. The zero-order chi connectivity index (χ0) is 10.8. The molecule has 0 unspecified atom stereocenters. The predicted octanol–water partition coefficient (Wildman–Crippen LogP) is 0.729. The van der Waals surface area contributed by atoms with Crippen LogP contribution < -0.4 is 15.8 Å². The molecule has 0 aromatic heterocycles. The van der Waals surface area contributed by atoms with Gasteiger partial charge in [0.05, 0.1) is 18.9 Å². The fraction of sp³-hybridized carbons (Fsp3) is 0.455. The van der Waals surface area contributed by atoms with Crippen molar-refractivity contribution in [2.24, 2.45) is 11.7 Å². The highest BCUT2D eigenvalue weighted by atomic mass is 16.5. The van der Waals surface area contributed by atoms with Crippen molar-refractivity contribution in [1.29, 1.82) is 0 Å². The molecule has 1 aliphatic heterocycles. The lowest BCUT2D eigenvalue weighted by molar-refractivity contribution is 0.114. The molecule has 0 saturated carbocycles. The van der Waals surface area contributed by atoms with Gasteiger partial charge in [-0.2, -0.15) is 0 Å². The van der Waals surface area contributed by atoms with Crippen LogP contribution in [0.2, 0.25) is 0 Å². The van der Waals surface area contributed by atoms with Crippen LogP contribution in [0.4, 0.5) is 5.69 Å². The Bertz CT molecular complexity index is 354. The van der Waals surface area contributed by atoms with E-state index in [0.717, 1.165) is 17.0 Å². The number of methoxy groups -OCH3 is 1. The number of nitrogens with two attached hydrogens (primary N) is 1. The Morgan fingerprint density at radius 1 is 1.60 bits per heavy atom. The smallest absolute Gasteiger partial charge is 0.142 e. The molecule has 0 aliphatic carbocycles. The second-order valence-corrected chi connectivity index (χ2v) is 3.75. The molecule has 0 radical (unpaired) electrons. The van der Waals surface area contributed by atoms with Gasteiger partial charge in [0.1, 0.15) is 5.75 Å². The van der Waals surface area contributed by atoms with Crippen molar-refractivity contribution in [3.05, 3.63) is 23.8 Å². The molecule has 1 heterocycles. The van der Waals surface area contributed by atoms with Crippen LogP contribution in [-0.4, -0.2) is 25.3 Å². The molecule has 0 fully saturated rings. The number of hydrogen-bond acceptors (Lipinski definition) is 4. The number of benzene rings is 1. The first-order chi connectivity index (χ1) is 7.27. The second-order valence-electron chi connectivity index (χ2n) is 3.75. The van der Waals surface area contributed by atoms with Crippen molar-refractivity contribution < 1.29 is 9.84 Å². The first kappa shape index (κ1) is 10.3. The van der Waals surface area contributed by atoms with Crippen molar-refractivity contribution in [2.75, 3.05) is 25.5 Å². The fourth-order valence-electron chi connectivity index (χ4n) is 1.96. The molecule has 4 nitrogen and oxygen atoms in total. The Morgan fingerprint density at radius 2 is 2.40 bits per heavy atom. The van der Waals surface area contributed by atoms with Gasteiger partial charge in [-0.25, -0.2) is 0 Å². The molecule has 4 heteroatoms. The van der Waals surface area contributed by atoms with Crippen molar-refractivity contribution >= 4 is 5.69 Å². The van der Waals surface area contributed by atoms with Gasteiger partial charge < -0.3 is 20.9 Å². The average molecular weight is 208 g/mol. The number of fused-ring (bicyclic) bond motifs is 1. The Kier molecular flexibility index (Phi) is 2.79. The van der Waals surface area contributed by atoms with Crippen molar-refractivity contribution in [3.63, 3.8) is 0 Å². The van der Waals surface area contributed by atoms with Gasteiger partial charge >= 0.3 is 0 Å². The topological polar surface area (TPSA) is 67.5 Å². The van der Waals surface area contributed by atoms with E-state index >= 15 is 0 Å². The summed E-state index contributed by atoms with van der Waals surface area (Å²) in [6, 6.07) is 5.65. The molecule has 0 spiro atoms. The van der Waals surface area contributed by atoms with Gasteiger partial charge in [0, 0.05) is 18.0 Å². The third kappa shape index (κ3) is 1.66. The quantitative estimate of drug-likeness (QED) is 0.670. The molecule has 82 valence electrons. The molecule has 1 aliphatic rings. The fourth-order valence-corrected chi connectivity index (χ4v) is 1.96. The molecule has 1 aromatic rings. The summed E-state index contributed by atoms with van der Waals surface area (Å²) in [6.07, 6.45) is -0.499. The minimum Gasteiger partial charge on any atom is -0.495 e. The molecule has 1 aromatic carbocycles. The predicted molar refractivity (Wildman–Crippen MR) is 59.0 cm³/mol. The minimum atomic E-state index is -0.499. The summed E-state index contributed by atoms with van der Waals surface area (Å²) in [5.74, 6) is 0.839. The number of nitrogens with one attached hydrogen (secondary N) is 1. The van der Waals surface area contributed by atoms with E-state index in [1.165, 1.54) is 0 Å². The van der Waals surface area contributed by atoms with Gasteiger partial charge in [0.25, 0.3) is 0 Å². The minimum absolute atomic E-state index is 0.0737. The number of aliphatic hydroxyl groups is 1. The lowest BCUT2D eigenvalue weighted by Crippen LogP contribution is -2.33. The Morgan fingerprint density at radius 3 is 3.07 bits per heavy atom. The number of hydrogen-bond donors (Lipinski definition) is 3. The molecule has 15 heavy (non-hydrogen) atoms. The molecular formula is C11H16N2O2. The number of anilines is 1. The first-order valence-electron chi connectivity index (χ1n) is 5.06. The van der Waals surface area contributed by atoms with Crippen molar-refractivity contribution in [2.45, 2.75) is 6.10 Å². The standard InChI is InChI=1S/C11H16N2O2/c1-15-9-4-2-3-8-10(9)13-6-7(5-12)11(8)14/h2-4,7,11,13-14H,5-6,12H2,1H3/t7-,11+/m1/s1. The highest BCUT2D eigenvalue weighted by Gasteiger charge is 2.28. The van der Waals surface area contributed by atoms with Crippen LogP contribution in [0.1, 0.15) is 11.7 Å². The Hall–Kier alpha value is -1.26. The normalized spacial score (nSPS) is 24.2. The maximum atomic E-state index is 10.1. The van der Waals surface area contributed by atoms with Gasteiger partial charge in [-0.3, -0.25) is 0 Å². The zero-order valence-electron chi connectivity index (χ0n) is 8.73. The Labute approximate surface area is 89.0 Å². The van der Waals surface area contributed by atoms with Crippen molar-refractivity contribution in [1.82, 2.24) is 0 Å². The third-order valence-corrected chi connectivity index (χ3v) is 2.89. The van der Waals surface area contributed by atoms with Crippen LogP contribution in [-0.2, 0) is 0 Å². The third-order valence-electron chi connectivity index (χ3n) is 2.89.